The lowest BCUT2D eigenvalue weighted by Crippen LogP contribution is -2.35. The summed E-state index contributed by atoms with van der Waals surface area (Å²) >= 11 is 2.04. The molecule has 0 heterocycles. The van der Waals surface area contributed by atoms with Crippen LogP contribution in [-0.4, -0.2) is 35.1 Å². The molecular formula is C13H17IN2O3. The maximum Gasteiger partial charge on any atom is 0.337 e. The van der Waals surface area contributed by atoms with Crippen molar-refractivity contribution in [2.45, 2.75) is 20.3 Å². The molecule has 0 aliphatic heterocycles. The van der Waals surface area contributed by atoms with Crippen LogP contribution in [0.4, 0.5) is 10.5 Å². The predicted octanol–water partition coefficient (Wildman–Crippen LogP) is 3.25. The average Bonchev–Trinajstić information content (AvgIpc) is 2.37. The second kappa shape index (κ2) is 7.32. The first-order valence-electron chi connectivity index (χ1n) is 6.08. The Kier molecular flexibility index (Phi) is 6.07. The third-order valence-electron chi connectivity index (χ3n) is 2.62. The van der Waals surface area contributed by atoms with Crippen LogP contribution in [-0.2, 0) is 0 Å². The van der Waals surface area contributed by atoms with Gasteiger partial charge >= 0.3 is 12.0 Å². The number of nitrogens with one attached hydrogen (secondary N) is 1. The molecule has 1 aromatic carbocycles. The zero-order chi connectivity index (χ0) is 14.4. The van der Waals surface area contributed by atoms with Crippen molar-refractivity contribution >= 4 is 40.3 Å². The Hall–Kier alpha value is -1.31. The first-order chi connectivity index (χ1) is 8.99. The Morgan fingerprint density at radius 1 is 1.37 bits per heavy atom. The van der Waals surface area contributed by atoms with Gasteiger partial charge in [0.15, 0.2) is 0 Å². The number of carboxylic acids is 1. The van der Waals surface area contributed by atoms with Crippen LogP contribution >= 0.6 is 22.6 Å². The molecule has 0 fully saturated rings. The van der Waals surface area contributed by atoms with Gasteiger partial charge in [0, 0.05) is 16.7 Å². The maximum absolute atomic E-state index is 12.0. The van der Waals surface area contributed by atoms with Gasteiger partial charge in [-0.05, 0) is 54.1 Å². The standard InChI is InChI=1S/C13H17IN2O3/c1-3-7-16(4-2)13(19)15-11-6-5-9(14)8-10(11)12(17)18/h5-6,8H,3-4,7H2,1-2H3,(H,15,19)(H,17,18). The smallest absolute Gasteiger partial charge is 0.337 e. The van der Waals surface area contributed by atoms with Crippen molar-refractivity contribution < 1.29 is 14.7 Å². The summed E-state index contributed by atoms with van der Waals surface area (Å²) in [6.07, 6.45) is 0.861. The summed E-state index contributed by atoms with van der Waals surface area (Å²) in [5.74, 6) is -1.05. The lowest BCUT2D eigenvalue weighted by molar-refractivity contribution is 0.0698. The van der Waals surface area contributed by atoms with E-state index in [4.69, 9.17) is 5.11 Å². The summed E-state index contributed by atoms with van der Waals surface area (Å²) in [5, 5.41) is 11.8. The summed E-state index contributed by atoms with van der Waals surface area (Å²) in [6, 6.07) is 4.64. The lowest BCUT2D eigenvalue weighted by Gasteiger charge is -2.21. The Morgan fingerprint density at radius 3 is 2.58 bits per heavy atom. The largest absolute Gasteiger partial charge is 0.478 e. The number of carbonyl (C=O) groups excluding carboxylic acids is 1. The van der Waals surface area contributed by atoms with Gasteiger partial charge in [-0.25, -0.2) is 9.59 Å². The van der Waals surface area contributed by atoms with E-state index < -0.39 is 5.97 Å². The number of rotatable bonds is 5. The van der Waals surface area contributed by atoms with E-state index in [1.165, 1.54) is 6.07 Å². The van der Waals surface area contributed by atoms with E-state index >= 15 is 0 Å². The minimum absolute atomic E-state index is 0.104. The molecule has 0 bridgehead atoms. The molecule has 0 radical (unpaired) electrons. The number of amides is 2. The highest BCUT2D eigenvalue weighted by molar-refractivity contribution is 14.1. The number of carbonyl (C=O) groups is 2. The highest BCUT2D eigenvalue weighted by atomic mass is 127. The number of carboxylic acid groups (broad SMARTS) is 1. The summed E-state index contributed by atoms with van der Waals surface area (Å²) in [5.41, 5.74) is 0.431. The van der Waals surface area contributed by atoms with E-state index in [2.05, 4.69) is 5.32 Å². The molecule has 2 N–H and O–H groups in total. The molecule has 1 aromatic rings. The van der Waals surface area contributed by atoms with E-state index in [1.54, 1.807) is 17.0 Å². The quantitative estimate of drug-likeness (QED) is 0.776. The molecule has 0 unspecified atom stereocenters. The number of nitrogens with zero attached hydrogens (tertiary/aromatic N) is 1. The van der Waals surface area contributed by atoms with Gasteiger partial charge in [0.1, 0.15) is 0 Å². The summed E-state index contributed by atoms with van der Waals surface area (Å²) in [4.78, 5) is 24.8. The molecule has 1 rings (SSSR count). The van der Waals surface area contributed by atoms with Crippen LogP contribution in [0.1, 0.15) is 30.6 Å². The van der Waals surface area contributed by atoms with Gasteiger partial charge in [-0.2, -0.15) is 0 Å². The van der Waals surface area contributed by atoms with Gasteiger partial charge in [0.25, 0.3) is 0 Å². The molecule has 0 aromatic heterocycles. The number of urea groups is 1. The molecule has 2 amide bonds. The zero-order valence-corrected chi connectivity index (χ0v) is 13.1. The normalized spacial score (nSPS) is 10.1. The number of aromatic carboxylic acids is 1. The Bertz CT molecular complexity index is 477. The number of hydrogen-bond acceptors (Lipinski definition) is 2. The molecule has 0 spiro atoms. The minimum Gasteiger partial charge on any atom is -0.478 e. The molecule has 5 nitrogen and oxygen atoms in total. The number of halogens is 1. The van der Waals surface area contributed by atoms with Gasteiger partial charge in [-0.1, -0.05) is 6.92 Å². The zero-order valence-electron chi connectivity index (χ0n) is 10.9. The van der Waals surface area contributed by atoms with Crippen molar-refractivity contribution in [1.29, 1.82) is 0 Å². The number of hydrogen-bond donors (Lipinski definition) is 2. The van der Waals surface area contributed by atoms with Crippen LogP contribution in [0.2, 0.25) is 0 Å². The third kappa shape index (κ3) is 4.38. The predicted molar refractivity (Wildman–Crippen MR) is 82.7 cm³/mol. The van der Waals surface area contributed by atoms with Gasteiger partial charge in [0.2, 0.25) is 0 Å². The SMILES string of the molecule is CCCN(CC)C(=O)Nc1ccc(I)cc1C(=O)O. The van der Waals surface area contributed by atoms with Crippen molar-refractivity contribution in [3.63, 3.8) is 0 Å². The van der Waals surface area contributed by atoms with Crippen LogP contribution in [0.15, 0.2) is 18.2 Å². The maximum atomic E-state index is 12.0. The molecule has 0 aliphatic rings. The van der Waals surface area contributed by atoms with E-state index in [0.717, 1.165) is 9.99 Å². The highest BCUT2D eigenvalue weighted by Gasteiger charge is 2.16. The van der Waals surface area contributed by atoms with E-state index in [1.807, 2.05) is 36.4 Å². The van der Waals surface area contributed by atoms with Crippen LogP contribution in [0.3, 0.4) is 0 Å². The molecule has 0 aliphatic carbocycles. The van der Waals surface area contributed by atoms with Crippen LogP contribution in [0.5, 0.6) is 0 Å². The first-order valence-corrected chi connectivity index (χ1v) is 7.16. The lowest BCUT2D eigenvalue weighted by atomic mass is 10.2. The number of anilines is 1. The van der Waals surface area contributed by atoms with Crippen molar-refractivity contribution in [1.82, 2.24) is 4.90 Å². The molecule has 0 saturated heterocycles. The molecule has 19 heavy (non-hydrogen) atoms. The van der Waals surface area contributed by atoms with E-state index in [0.29, 0.717) is 18.8 Å². The molecular weight excluding hydrogens is 359 g/mol. The molecule has 0 saturated carbocycles. The van der Waals surface area contributed by atoms with Crippen molar-refractivity contribution in [3.05, 3.63) is 27.3 Å². The van der Waals surface area contributed by atoms with Crippen molar-refractivity contribution in [2.75, 3.05) is 18.4 Å². The van der Waals surface area contributed by atoms with Crippen LogP contribution in [0, 0.1) is 3.57 Å². The van der Waals surface area contributed by atoms with Gasteiger partial charge < -0.3 is 15.3 Å². The third-order valence-corrected chi connectivity index (χ3v) is 3.29. The highest BCUT2D eigenvalue weighted by Crippen LogP contribution is 2.19. The van der Waals surface area contributed by atoms with Gasteiger partial charge in [0.05, 0.1) is 11.3 Å². The second-order valence-electron chi connectivity index (χ2n) is 4.00. The second-order valence-corrected chi connectivity index (χ2v) is 5.25. The Labute approximate surface area is 126 Å². The average molecular weight is 376 g/mol. The molecule has 104 valence electrons. The van der Waals surface area contributed by atoms with Crippen LogP contribution in [0.25, 0.3) is 0 Å². The monoisotopic (exact) mass is 376 g/mol. The fourth-order valence-electron chi connectivity index (χ4n) is 1.67. The summed E-state index contributed by atoms with van der Waals surface area (Å²) < 4.78 is 0.814. The topological polar surface area (TPSA) is 69.6 Å². The van der Waals surface area contributed by atoms with E-state index in [-0.39, 0.29) is 11.6 Å². The molecule has 0 atom stereocenters. The Balaban J connectivity index is 2.92. The fraction of sp³-hybridized carbons (Fsp3) is 0.385. The minimum atomic E-state index is -1.05. The number of benzene rings is 1. The van der Waals surface area contributed by atoms with Crippen molar-refractivity contribution in [3.8, 4) is 0 Å². The molecule has 6 heteroatoms. The van der Waals surface area contributed by atoms with Crippen molar-refractivity contribution in [2.24, 2.45) is 0 Å². The van der Waals surface area contributed by atoms with Gasteiger partial charge in [-0.15, -0.1) is 0 Å². The summed E-state index contributed by atoms with van der Waals surface area (Å²) in [7, 11) is 0. The van der Waals surface area contributed by atoms with Gasteiger partial charge in [-0.3, -0.25) is 0 Å². The van der Waals surface area contributed by atoms with E-state index in [9.17, 15) is 9.59 Å². The van der Waals surface area contributed by atoms with Crippen LogP contribution < -0.4 is 5.32 Å². The Morgan fingerprint density at radius 2 is 2.05 bits per heavy atom. The first kappa shape index (κ1) is 15.7. The summed E-state index contributed by atoms with van der Waals surface area (Å²) in [6.45, 7) is 5.12. The fourth-order valence-corrected chi connectivity index (χ4v) is 2.16.